The number of hydrogen-bond donors (Lipinski definition) is 0. The SMILES string of the molecule is Cc1ccc(OCc2nc(CCl)no2)cc1. The molecular weight excluding hydrogens is 228 g/mol. The fourth-order valence-corrected chi connectivity index (χ4v) is 1.29. The van der Waals surface area contributed by atoms with Crippen LogP contribution in [0.1, 0.15) is 17.3 Å². The summed E-state index contributed by atoms with van der Waals surface area (Å²) in [6.45, 7) is 2.28. The number of nitrogens with zero attached hydrogens (tertiary/aromatic N) is 2. The van der Waals surface area contributed by atoms with Crippen LogP contribution in [0.5, 0.6) is 5.75 Å². The van der Waals surface area contributed by atoms with E-state index >= 15 is 0 Å². The van der Waals surface area contributed by atoms with Gasteiger partial charge < -0.3 is 9.26 Å². The molecule has 5 heteroatoms. The lowest BCUT2D eigenvalue weighted by Gasteiger charge is -2.02. The van der Waals surface area contributed by atoms with E-state index in [9.17, 15) is 0 Å². The van der Waals surface area contributed by atoms with E-state index in [1.54, 1.807) is 0 Å². The minimum Gasteiger partial charge on any atom is -0.484 e. The summed E-state index contributed by atoms with van der Waals surface area (Å²) in [5.74, 6) is 1.92. The Hall–Kier alpha value is -1.55. The number of hydrogen-bond acceptors (Lipinski definition) is 4. The Morgan fingerprint density at radius 3 is 2.69 bits per heavy atom. The van der Waals surface area contributed by atoms with Gasteiger partial charge in [0.25, 0.3) is 5.89 Å². The van der Waals surface area contributed by atoms with Crippen LogP contribution in [0.3, 0.4) is 0 Å². The Balaban J connectivity index is 1.94. The topological polar surface area (TPSA) is 48.2 Å². The molecule has 0 amide bonds. The van der Waals surface area contributed by atoms with Crippen molar-refractivity contribution in [3.63, 3.8) is 0 Å². The summed E-state index contributed by atoms with van der Waals surface area (Å²) >= 11 is 5.55. The monoisotopic (exact) mass is 238 g/mol. The summed E-state index contributed by atoms with van der Waals surface area (Å²) < 4.78 is 10.4. The molecule has 84 valence electrons. The van der Waals surface area contributed by atoms with E-state index in [-0.39, 0.29) is 12.5 Å². The Morgan fingerprint density at radius 1 is 1.31 bits per heavy atom. The van der Waals surface area contributed by atoms with Crippen molar-refractivity contribution in [1.29, 1.82) is 0 Å². The van der Waals surface area contributed by atoms with Gasteiger partial charge in [-0.3, -0.25) is 0 Å². The molecule has 0 spiro atoms. The first-order chi connectivity index (χ1) is 7.78. The number of halogens is 1. The number of aryl methyl sites for hydroxylation is 1. The lowest BCUT2D eigenvalue weighted by Crippen LogP contribution is -1.95. The molecular formula is C11H11ClN2O2. The van der Waals surface area contributed by atoms with Gasteiger partial charge in [0.2, 0.25) is 0 Å². The third-order valence-corrected chi connectivity index (χ3v) is 2.25. The summed E-state index contributed by atoms with van der Waals surface area (Å²) in [5, 5.41) is 3.66. The molecule has 16 heavy (non-hydrogen) atoms. The molecule has 0 radical (unpaired) electrons. The van der Waals surface area contributed by atoms with Gasteiger partial charge in [-0.2, -0.15) is 4.98 Å². The van der Waals surface area contributed by atoms with Crippen LogP contribution in [0, 0.1) is 6.92 Å². The van der Waals surface area contributed by atoms with E-state index in [1.165, 1.54) is 5.56 Å². The molecule has 0 bridgehead atoms. The summed E-state index contributed by atoms with van der Waals surface area (Å²) in [6.07, 6.45) is 0. The van der Waals surface area contributed by atoms with Crippen LogP contribution in [0.4, 0.5) is 0 Å². The van der Waals surface area contributed by atoms with Gasteiger partial charge in [0.1, 0.15) is 5.75 Å². The third kappa shape index (κ3) is 2.73. The largest absolute Gasteiger partial charge is 0.484 e. The minimum absolute atomic E-state index is 0.244. The fourth-order valence-electron chi connectivity index (χ4n) is 1.18. The number of rotatable bonds is 4. The first kappa shape index (κ1) is 11.0. The highest BCUT2D eigenvalue weighted by molar-refractivity contribution is 6.16. The van der Waals surface area contributed by atoms with E-state index in [4.69, 9.17) is 20.9 Å². The van der Waals surface area contributed by atoms with Crippen molar-refractivity contribution in [2.45, 2.75) is 19.4 Å². The number of benzene rings is 1. The van der Waals surface area contributed by atoms with Gasteiger partial charge in [-0.05, 0) is 19.1 Å². The normalized spacial score (nSPS) is 10.4. The van der Waals surface area contributed by atoms with Crippen molar-refractivity contribution in [3.8, 4) is 5.75 Å². The van der Waals surface area contributed by atoms with Crippen molar-refractivity contribution in [3.05, 3.63) is 41.5 Å². The molecule has 1 aromatic heterocycles. The average Bonchev–Trinajstić information content (AvgIpc) is 2.76. The molecule has 0 aliphatic rings. The van der Waals surface area contributed by atoms with Crippen molar-refractivity contribution >= 4 is 11.6 Å². The van der Waals surface area contributed by atoms with Gasteiger partial charge in [0.15, 0.2) is 12.4 Å². The molecule has 0 atom stereocenters. The zero-order chi connectivity index (χ0) is 11.4. The predicted molar refractivity (Wildman–Crippen MR) is 59.4 cm³/mol. The van der Waals surface area contributed by atoms with E-state index in [0.29, 0.717) is 11.7 Å². The van der Waals surface area contributed by atoms with E-state index in [0.717, 1.165) is 5.75 Å². The van der Waals surface area contributed by atoms with E-state index < -0.39 is 0 Å². The van der Waals surface area contributed by atoms with E-state index in [1.807, 2.05) is 31.2 Å². The lowest BCUT2D eigenvalue weighted by molar-refractivity contribution is 0.242. The van der Waals surface area contributed by atoms with Gasteiger partial charge in [0.05, 0.1) is 5.88 Å². The molecule has 0 aliphatic carbocycles. The molecule has 1 heterocycles. The Morgan fingerprint density at radius 2 is 2.06 bits per heavy atom. The van der Waals surface area contributed by atoms with Crippen molar-refractivity contribution in [2.24, 2.45) is 0 Å². The van der Waals surface area contributed by atoms with Crippen LogP contribution < -0.4 is 4.74 Å². The van der Waals surface area contributed by atoms with Crippen LogP contribution in [0.25, 0.3) is 0 Å². The molecule has 0 N–H and O–H groups in total. The molecule has 1 aromatic carbocycles. The van der Waals surface area contributed by atoms with Gasteiger partial charge in [0, 0.05) is 0 Å². The zero-order valence-electron chi connectivity index (χ0n) is 8.81. The minimum atomic E-state index is 0.244. The molecule has 0 saturated heterocycles. The Kier molecular flexibility index (Phi) is 3.41. The van der Waals surface area contributed by atoms with Crippen LogP contribution in [0.2, 0.25) is 0 Å². The standard InChI is InChI=1S/C11H11ClN2O2/c1-8-2-4-9(5-3-8)15-7-11-13-10(6-12)14-16-11/h2-5H,6-7H2,1H3. The summed E-state index contributed by atoms with van der Waals surface area (Å²) in [5.41, 5.74) is 1.19. The highest BCUT2D eigenvalue weighted by Crippen LogP contribution is 2.13. The van der Waals surface area contributed by atoms with Crippen molar-refractivity contribution < 1.29 is 9.26 Å². The number of aromatic nitrogens is 2. The summed E-state index contributed by atoms with van der Waals surface area (Å²) in [7, 11) is 0. The maximum atomic E-state index is 5.55. The maximum Gasteiger partial charge on any atom is 0.264 e. The maximum absolute atomic E-state index is 5.55. The van der Waals surface area contributed by atoms with Gasteiger partial charge in [-0.15, -0.1) is 11.6 Å². The molecule has 2 aromatic rings. The second-order valence-corrected chi connectivity index (χ2v) is 3.61. The Bertz CT molecular complexity index is 453. The Labute approximate surface area is 98.2 Å². The highest BCUT2D eigenvalue weighted by atomic mass is 35.5. The first-order valence-corrected chi connectivity index (χ1v) is 5.38. The van der Waals surface area contributed by atoms with E-state index in [2.05, 4.69) is 10.1 Å². The third-order valence-electron chi connectivity index (χ3n) is 2.01. The molecule has 0 unspecified atom stereocenters. The van der Waals surface area contributed by atoms with Gasteiger partial charge in [-0.25, -0.2) is 0 Å². The molecule has 0 fully saturated rings. The van der Waals surface area contributed by atoms with Crippen LogP contribution in [0.15, 0.2) is 28.8 Å². The molecule has 4 nitrogen and oxygen atoms in total. The predicted octanol–water partition coefficient (Wildman–Crippen LogP) is 2.70. The zero-order valence-corrected chi connectivity index (χ0v) is 9.57. The van der Waals surface area contributed by atoms with Crippen LogP contribution in [-0.2, 0) is 12.5 Å². The molecule has 0 aliphatic heterocycles. The first-order valence-electron chi connectivity index (χ1n) is 4.85. The summed E-state index contributed by atoms with van der Waals surface area (Å²) in [4.78, 5) is 4.03. The average molecular weight is 239 g/mol. The summed E-state index contributed by atoms with van der Waals surface area (Å²) in [6, 6.07) is 7.75. The smallest absolute Gasteiger partial charge is 0.264 e. The second kappa shape index (κ2) is 4.99. The van der Waals surface area contributed by atoms with Gasteiger partial charge >= 0.3 is 0 Å². The molecule has 2 rings (SSSR count). The van der Waals surface area contributed by atoms with Gasteiger partial charge in [-0.1, -0.05) is 22.9 Å². The number of ether oxygens (including phenoxy) is 1. The lowest BCUT2D eigenvalue weighted by atomic mass is 10.2. The van der Waals surface area contributed by atoms with Crippen molar-refractivity contribution in [2.75, 3.05) is 0 Å². The number of alkyl halides is 1. The highest BCUT2D eigenvalue weighted by Gasteiger charge is 2.05. The van der Waals surface area contributed by atoms with Crippen LogP contribution >= 0.6 is 11.6 Å². The fraction of sp³-hybridized carbons (Fsp3) is 0.273. The second-order valence-electron chi connectivity index (χ2n) is 3.34. The quantitative estimate of drug-likeness (QED) is 0.769. The van der Waals surface area contributed by atoms with Crippen molar-refractivity contribution in [1.82, 2.24) is 10.1 Å². The molecule has 0 saturated carbocycles. The van der Waals surface area contributed by atoms with Crippen LogP contribution in [-0.4, -0.2) is 10.1 Å².